The summed E-state index contributed by atoms with van der Waals surface area (Å²) in [5, 5.41) is 2.73. The molecule has 2 aromatic heterocycles. The smallest absolute Gasteiger partial charge is 0.228 e. The fourth-order valence-corrected chi connectivity index (χ4v) is 4.70. The molecule has 7 heteroatoms. The van der Waals surface area contributed by atoms with Gasteiger partial charge < -0.3 is 14.2 Å². The van der Waals surface area contributed by atoms with E-state index in [1.807, 2.05) is 34.2 Å². The largest absolute Gasteiger partial charge is 0.459 e. The maximum Gasteiger partial charge on any atom is 0.228 e. The van der Waals surface area contributed by atoms with Gasteiger partial charge >= 0.3 is 0 Å². The number of aromatic nitrogens is 1. The number of carbonyl (C=O) groups excluding carboxylic acids is 2. The van der Waals surface area contributed by atoms with E-state index in [4.69, 9.17) is 4.42 Å². The maximum atomic E-state index is 12.6. The van der Waals surface area contributed by atoms with Crippen molar-refractivity contribution in [1.82, 2.24) is 14.8 Å². The molecule has 0 unspecified atom stereocenters. The molecular formula is C20H25N3O3S. The average Bonchev–Trinajstić information content (AvgIpc) is 3.43. The van der Waals surface area contributed by atoms with Crippen LogP contribution in [-0.2, 0) is 16.0 Å². The topological polar surface area (TPSA) is 66.7 Å². The van der Waals surface area contributed by atoms with Crippen molar-refractivity contribution < 1.29 is 14.0 Å². The van der Waals surface area contributed by atoms with Crippen molar-refractivity contribution in [3.05, 3.63) is 29.0 Å². The molecule has 0 aromatic carbocycles. The van der Waals surface area contributed by atoms with Crippen molar-refractivity contribution in [3.63, 3.8) is 0 Å². The van der Waals surface area contributed by atoms with Gasteiger partial charge in [0, 0.05) is 37.5 Å². The molecule has 1 saturated heterocycles. The molecule has 4 rings (SSSR count). The van der Waals surface area contributed by atoms with E-state index >= 15 is 0 Å². The van der Waals surface area contributed by atoms with E-state index in [0.29, 0.717) is 32.6 Å². The number of nitrogens with zero attached hydrogens (tertiary/aromatic N) is 3. The summed E-state index contributed by atoms with van der Waals surface area (Å²) in [5.74, 6) is 2.18. The van der Waals surface area contributed by atoms with Crippen LogP contribution < -0.4 is 0 Å². The van der Waals surface area contributed by atoms with Crippen molar-refractivity contribution in [2.24, 2.45) is 5.92 Å². The zero-order chi connectivity index (χ0) is 18.8. The van der Waals surface area contributed by atoms with Gasteiger partial charge in [-0.3, -0.25) is 9.59 Å². The fourth-order valence-electron chi connectivity index (χ4n) is 3.92. The second kappa shape index (κ2) is 7.84. The van der Waals surface area contributed by atoms with Crippen LogP contribution in [0.2, 0.25) is 0 Å². The van der Waals surface area contributed by atoms with Gasteiger partial charge in [-0.05, 0) is 31.9 Å². The maximum absolute atomic E-state index is 12.6. The van der Waals surface area contributed by atoms with Crippen LogP contribution in [-0.4, -0.2) is 52.8 Å². The van der Waals surface area contributed by atoms with E-state index in [2.05, 4.69) is 4.98 Å². The number of amides is 2. The molecule has 0 atom stereocenters. The zero-order valence-corrected chi connectivity index (χ0v) is 16.5. The van der Waals surface area contributed by atoms with Crippen molar-refractivity contribution in [2.75, 3.05) is 26.2 Å². The van der Waals surface area contributed by atoms with Gasteiger partial charge in [-0.2, -0.15) is 0 Å². The molecule has 2 fully saturated rings. The van der Waals surface area contributed by atoms with Crippen molar-refractivity contribution in [3.8, 4) is 10.8 Å². The molecule has 0 bridgehead atoms. The lowest BCUT2D eigenvalue weighted by molar-refractivity contribution is -0.141. The zero-order valence-electron chi connectivity index (χ0n) is 15.6. The van der Waals surface area contributed by atoms with Crippen molar-refractivity contribution >= 4 is 23.2 Å². The van der Waals surface area contributed by atoms with Crippen LogP contribution in [0.4, 0.5) is 0 Å². The molecule has 0 spiro atoms. The average molecular weight is 388 g/mol. The van der Waals surface area contributed by atoms with E-state index in [-0.39, 0.29) is 17.7 Å². The number of hydrogen-bond acceptors (Lipinski definition) is 5. The van der Waals surface area contributed by atoms with E-state index in [9.17, 15) is 9.59 Å². The first-order valence-corrected chi connectivity index (χ1v) is 10.6. The third-order valence-electron chi connectivity index (χ3n) is 5.48. The Balaban J connectivity index is 1.29. The first-order valence-electron chi connectivity index (χ1n) is 9.68. The molecule has 1 saturated carbocycles. The first kappa shape index (κ1) is 18.2. The first-order chi connectivity index (χ1) is 13.1. The van der Waals surface area contributed by atoms with Gasteiger partial charge in [-0.15, -0.1) is 11.3 Å². The van der Waals surface area contributed by atoms with Gasteiger partial charge in [0.1, 0.15) is 5.76 Å². The lowest BCUT2D eigenvalue weighted by Crippen LogP contribution is -2.52. The second-order valence-electron chi connectivity index (χ2n) is 7.42. The molecule has 2 aliphatic rings. The molecule has 27 heavy (non-hydrogen) atoms. The van der Waals surface area contributed by atoms with Gasteiger partial charge in [0.2, 0.25) is 11.8 Å². The van der Waals surface area contributed by atoms with Crippen LogP contribution in [0.5, 0.6) is 0 Å². The number of carbonyl (C=O) groups is 2. The quantitative estimate of drug-likeness (QED) is 0.808. The van der Waals surface area contributed by atoms with Gasteiger partial charge in [0.25, 0.3) is 0 Å². The molecule has 3 heterocycles. The summed E-state index contributed by atoms with van der Waals surface area (Å²) in [5.41, 5.74) is 0.776. The predicted octanol–water partition coefficient (Wildman–Crippen LogP) is 3.12. The number of furan rings is 1. The van der Waals surface area contributed by atoms with Crippen LogP contribution >= 0.6 is 11.3 Å². The Labute approximate surface area is 163 Å². The van der Waals surface area contributed by atoms with Crippen LogP contribution in [0.1, 0.15) is 37.1 Å². The summed E-state index contributed by atoms with van der Waals surface area (Å²) >= 11 is 1.49. The fraction of sp³-hybridized carbons (Fsp3) is 0.550. The number of thiazole rings is 1. The molecule has 0 N–H and O–H groups in total. The van der Waals surface area contributed by atoms with Gasteiger partial charge in [0.05, 0.1) is 12.1 Å². The highest BCUT2D eigenvalue weighted by molar-refractivity contribution is 7.13. The summed E-state index contributed by atoms with van der Waals surface area (Å²) in [4.78, 5) is 33.5. The highest BCUT2D eigenvalue weighted by Gasteiger charge is 2.30. The molecule has 0 radical (unpaired) electrons. The Hall–Kier alpha value is -2.15. The number of rotatable bonds is 4. The summed E-state index contributed by atoms with van der Waals surface area (Å²) in [6, 6.07) is 3.81. The van der Waals surface area contributed by atoms with Crippen LogP contribution in [0.15, 0.2) is 21.9 Å². The number of hydrogen-bond donors (Lipinski definition) is 0. The molecule has 2 aromatic rings. The van der Waals surface area contributed by atoms with Gasteiger partial charge in [-0.1, -0.05) is 12.8 Å². The number of piperazine rings is 1. The SMILES string of the molecule is Cc1ccc(-c2nc(CC(=O)N3CCN(C(=O)C4CCCC4)CC3)cs2)o1. The normalized spacial score (nSPS) is 18.3. The van der Waals surface area contributed by atoms with Gasteiger partial charge in [0.15, 0.2) is 10.8 Å². The molecule has 1 aliphatic heterocycles. The monoisotopic (exact) mass is 387 g/mol. The standard InChI is InChI=1S/C20H25N3O3S/c1-14-6-7-17(26-14)19-21-16(13-27-19)12-18(24)22-8-10-23(11-9-22)20(25)15-4-2-3-5-15/h6-7,13,15H,2-5,8-12H2,1H3. The molecule has 6 nitrogen and oxygen atoms in total. The van der Waals surface area contributed by atoms with Crippen LogP contribution in [0.25, 0.3) is 10.8 Å². The van der Waals surface area contributed by atoms with Crippen LogP contribution in [0.3, 0.4) is 0 Å². The van der Waals surface area contributed by atoms with Gasteiger partial charge in [-0.25, -0.2) is 4.98 Å². The Kier molecular flexibility index (Phi) is 5.29. The summed E-state index contributed by atoms with van der Waals surface area (Å²) in [6.07, 6.45) is 4.69. The van der Waals surface area contributed by atoms with Crippen molar-refractivity contribution in [2.45, 2.75) is 39.0 Å². The van der Waals surface area contributed by atoms with E-state index in [1.165, 1.54) is 24.2 Å². The second-order valence-corrected chi connectivity index (χ2v) is 8.28. The minimum atomic E-state index is 0.0791. The highest BCUT2D eigenvalue weighted by atomic mass is 32.1. The molecular weight excluding hydrogens is 362 g/mol. The third kappa shape index (κ3) is 4.08. The Morgan fingerprint density at radius 1 is 1.15 bits per heavy atom. The Bertz CT molecular complexity index is 814. The Morgan fingerprint density at radius 2 is 1.85 bits per heavy atom. The lowest BCUT2D eigenvalue weighted by atomic mass is 10.1. The minimum Gasteiger partial charge on any atom is -0.459 e. The predicted molar refractivity (Wildman–Crippen MR) is 103 cm³/mol. The Morgan fingerprint density at radius 3 is 2.52 bits per heavy atom. The molecule has 144 valence electrons. The van der Waals surface area contributed by atoms with E-state index in [1.54, 1.807) is 0 Å². The lowest BCUT2D eigenvalue weighted by Gasteiger charge is -2.36. The summed E-state index contributed by atoms with van der Waals surface area (Å²) in [7, 11) is 0. The molecule has 1 aliphatic carbocycles. The van der Waals surface area contributed by atoms with E-state index in [0.717, 1.165) is 35.1 Å². The summed E-state index contributed by atoms with van der Waals surface area (Å²) < 4.78 is 5.60. The highest BCUT2D eigenvalue weighted by Crippen LogP contribution is 2.27. The third-order valence-corrected chi connectivity index (χ3v) is 6.39. The van der Waals surface area contributed by atoms with E-state index < -0.39 is 0 Å². The molecule has 2 amide bonds. The summed E-state index contributed by atoms with van der Waals surface area (Å²) in [6.45, 7) is 4.43. The minimum absolute atomic E-state index is 0.0791. The van der Waals surface area contributed by atoms with Crippen molar-refractivity contribution in [1.29, 1.82) is 0 Å². The number of aryl methyl sites for hydroxylation is 1. The van der Waals surface area contributed by atoms with Crippen LogP contribution in [0, 0.1) is 12.8 Å².